The van der Waals surface area contributed by atoms with E-state index in [1.54, 1.807) is 36.8 Å². The number of aromatic nitrogens is 4. The fourth-order valence-corrected chi connectivity index (χ4v) is 3.12. The van der Waals surface area contributed by atoms with Crippen LogP contribution in [0.2, 0.25) is 0 Å². The number of benzene rings is 2. The molecule has 0 radical (unpaired) electrons. The van der Waals surface area contributed by atoms with Crippen molar-refractivity contribution in [2.45, 2.75) is 4.90 Å². The zero-order chi connectivity index (χ0) is 18.1. The number of hydrogen-bond acceptors (Lipinski definition) is 6. The minimum absolute atomic E-state index is 0.252. The number of H-pyrrole nitrogens is 1. The van der Waals surface area contributed by atoms with E-state index >= 15 is 0 Å². The molecule has 0 amide bonds. The van der Waals surface area contributed by atoms with E-state index in [1.807, 2.05) is 12.1 Å². The van der Waals surface area contributed by atoms with Gasteiger partial charge in [-0.2, -0.15) is 0 Å². The van der Waals surface area contributed by atoms with Crippen molar-refractivity contribution in [3.63, 3.8) is 0 Å². The molecule has 0 aliphatic heterocycles. The molecule has 7 nitrogen and oxygen atoms in total. The van der Waals surface area contributed by atoms with Crippen molar-refractivity contribution in [1.82, 2.24) is 19.9 Å². The Morgan fingerprint density at radius 1 is 1.00 bits per heavy atom. The normalized spacial score (nSPS) is 11.6. The molecule has 0 spiro atoms. The molecule has 0 atom stereocenters. The number of aromatic amines is 1. The van der Waals surface area contributed by atoms with Crippen LogP contribution in [-0.4, -0.2) is 34.6 Å². The van der Waals surface area contributed by atoms with Crippen LogP contribution in [0.1, 0.15) is 0 Å². The fourth-order valence-electron chi connectivity index (χ4n) is 2.49. The van der Waals surface area contributed by atoms with E-state index in [1.165, 1.54) is 18.4 Å². The lowest BCUT2D eigenvalue weighted by molar-refractivity contribution is 0.483. The first-order chi connectivity index (χ1) is 12.5. The number of imidazole rings is 1. The summed E-state index contributed by atoms with van der Waals surface area (Å²) in [5, 5.41) is 0. The molecule has 2 heterocycles. The van der Waals surface area contributed by atoms with Gasteiger partial charge in [0.25, 0.3) is 0 Å². The summed E-state index contributed by atoms with van der Waals surface area (Å²) in [5.41, 5.74) is 2.24. The molecule has 2 aromatic heterocycles. The Morgan fingerprint density at radius 3 is 2.46 bits per heavy atom. The number of sulfone groups is 1. The molecule has 0 saturated heterocycles. The van der Waals surface area contributed by atoms with Crippen molar-refractivity contribution in [2.24, 2.45) is 0 Å². The molecule has 0 unspecified atom stereocenters. The minimum Gasteiger partial charge on any atom is -0.457 e. The Bertz CT molecular complexity index is 1170. The third-order valence-electron chi connectivity index (χ3n) is 3.75. The van der Waals surface area contributed by atoms with E-state index in [-0.39, 0.29) is 4.90 Å². The molecule has 0 bridgehead atoms. The summed E-state index contributed by atoms with van der Waals surface area (Å²) in [6.45, 7) is 0. The Kier molecular flexibility index (Phi) is 3.89. The van der Waals surface area contributed by atoms with Gasteiger partial charge < -0.3 is 9.72 Å². The molecule has 0 aliphatic rings. The smallest absolute Gasteiger partial charge is 0.175 e. The maximum atomic E-state index is 11.5. The molecular weight excluding hydrogens is 352 g/mol. The van der Waals surface area contributed by atoms with Crippen LogP contribution >= 0.6 is 0 Å². The average molecular weight is 366 g/mol. The largest absolute Gasteiger partial charge is 0.457 e. The van der Waals surface area contributed by atoms with Crippen LogP contribution in [0, 0.1) is 0 Å². The highest BCUT2D eigenvalue weighted by molar-refractivity contribution is 7.90. The second-order valence-electron chi connectivity index (χ2n) is 5.70. The molecular formula is C18H14N4O3S. The number of nitrogens with zero attached hydrogens (tertiary/aromatic N) is 3. The first kappa shape index (κ1) is 16.2. The highest BCUT2D eigenvalue weighted by Gasteiger charge is 2.09. The van der Waals surface area contributed by atoms with Gasteiger partial charge in [0.15, 0.2) is 15.7 Å². The Hall–Kier alpha value is -3.26. The highest BCUT2D eigenvalue weighted by Crippen LogP contribution is 2.27. The minimum atomic E-state index is -3.22. The van der Waals surface area contributed by atoms with Gasteiger partial charge in [-0.1, -0.05) is 0 Å². The summed E-state index contributed by atoms with van der Waals surface area (Å²) >= 11 is 0. The van der Waals surface area contributed by atoms with Crippen LogP contribution in [0.5, 0.6) is 11.5 Å². The molecule has 130 valence electrons. The quantitative estimate of drug-likeness (QED) is 0.595. The van der Waals surface area contributed by atoms with Gasteiger partial charge in [0, 0.05) is 24.7 Å². The molecule has 8 heteroatoms. The number of nitrogens with one attached hydrogen (secondary N) is 1. The summed E-state index contributed by atoms with van der Waals surface area (Å²) in [4.78, 5) is 16.2. The van der Waals surface area contributed by atoms with Gasteiger partial charge in [-0.3, -0.25) is 4.98 Å². The van der Waals surface area contributed by atoms with Crippen molar-refractivity contribution in [3.05, 3.63) is 61.1 Å². The standard InChI is InChI=1S/C18H14N4O3S/c1-26(23,24)14-5-2-12(3-6-14)25-13-4-7-15-16(10-13)22-18(21-15)17-11-19-8-9-20-17/h2-11H,1H3,(H,21,22). The molecule has 1 N–H and O–H groups in total. The van der Waals surface area contributed by atoms with E-state index in [0.29, 0.717) is 23.0 Å². The summed E-state index contributed by atoms with van der Waals surface area (Å²) in [5.74, 6) is 1.78. The van der Waals surface area contributed by atoms with Gasteiger partial charge in [-0.15, -0.1) is 0 Å². The molecule has 0 saturated carbocycles. The van der Waals surface area contributed by atoms with Crippen LogP contribution in [0.4, 0.5) is 0 Å². The van der Waals surface area contributed by atoms with Crippen LogP contribution in [0.15, 0.2) is 66.0 Å². The van der Waals surface area contributed by atoms with Crippen molar-refractivity contribution >= 4 is 20.9 Å². The van der Waals surface area contributed by atoms with E-state index in [4.69, 9.17) is 4.74 Å². The zero-order valence-electron chi connectivity index (χ0n) is 13.7. The lowest BCUT2D eigenvalue weighted by Gasteiger charge is -2.06. The number of rotatable bonds is 4. The fraction of sp³-hybridized carbons (Fsp3) is 0.0556. The van der Waals surface area contributed by atoms with Crippen LogP contribution in [0.25, 0.3) is 22.6 Å². The lowest BCUT2D eigenvalue weighted by atomic mass is 10.3. The van der Waals surface area contributed by atoms with Gasteiger partial charge in [0.2, 0.25) is 0 Å². The topological polar surface area (TPSA) is 97.8 Å². The predicted octanol–water partition coefficient (Wildman–Crippen LogP) is 3.22. The van der Waals surface area contributed by atoms with Gasteiger partial charge >= 0.3 is 0 Å². The van der Waals surface area contributed by atoms with Gasteiger partial charge in [-0.25, -0.2) is 18.4 Å². The Labute approximate surface area is 149 Å². The van der Waals surface area contributed by atoms with Crippen molar-refractivity contribution in [2.75, 3.05) is 6.26 Å². The monoisotopic (exact) mass is 366 g/mol. The SMILES string of the molecule is CS(=O)(=O)c1ccc(Oc2ccc3nc(-c4cnccn4)[nH]c3c2)cc1. The number of fused-ring (bicyclic) bond motifs is 1. The lowest BCUT2D eigenvalue weighted by Crippen LogP contribution is -1.96. The van der Waals surface area contributed by atoms with E-state index in [0.717, 1.165) is 11.0 Å². The van der Waals surface area contributed by atoms with E-state index < -0.39 is 9.84 Å². The molecule has 0 aliphatic carbocycles. The number of ether oxygens (including phenoxy) is 1. The second kappa shape index (κ2) is 6.23. The summed E-state index contributed by atoms with van der Waals surface area (Å²) in [6.07, 6.45) is 6.02. The first-order valence-electron chi connectivity index (χ1n) is 7.73. The van der Waals surface area contributed by atoms with Crippen LogP contribution < -0.4 is 4.74 Å². The third kappa shape index (κ3) is 3.27. The van der Waals surface area contributed by atoms with Crippen LogP contribution in [0.3, 0.4) is 0 Å². The van der Waals surface area contributed by atoms with Gasteiger partial charge in [0.05, 0.1) is 22.1 Å². The third-order valence-corrected chi connectivity index (χ3v) is 4.88. The Morgan fingerprint density at radius 2 is 1.77 bits per heavy atom. The highest BCUT2D eigenvalue weighted by atomic mass is 32.2. The second-order valence-corrected chi connectivity index (χ2v) is 7.72. The average Bonchev–Trinajstić information content (AvgIpc) is 3.05. The van der Waals surface area contributed by atoms with Crippen molar-refractivity contribution in [1.29, 1.82) is 0 Å². The van der Waals surface area contributed by atoms with Crippen LogP contribution in [-0.2, 0) is 9.84 Å². The van der Waals surface area contributed by atoms with Crippen molar-refractivity contribution < 1.29 is 13.2 Å². The summed E-state index contributed by atoms with van der Waals surface area (Å²) < 4.78 is 28.8. The first-order valence-corrected chi connectivity index (χ1v) is 9.62. The van der Waals surface area contributed by atoms with Gasteiger partial charge in [-0.05, 0) is 36.4 Å². The molecule has 0 fully saturated rings. The Balaban J connectivity index is 1.61. The predicted molar refractivity (Wildman–Crippen MR) is 96.7 cm³/mol. The van der Waals surface area contributed by atoms with E-state index in [2.05, 4.69) is 19.9 Å². The maximum absolute atomic E-state index is 11.5. The zero-order valence-corrected chi connectivity index (χ0v) is 14.6. The molecule has 4 aromatic rings. The van der Waals surface area contributed by atoms with Crippen molar-refractivity contribution in [3.8, 4) is 23.0 Å². The molecule has 2 aromatic carbocycles. The van der Waals surface area contributed by atoms with Gasteiger partial charge in [0.1, 0.15) is 17.2 Å². The summed E-state index contributed by atoms with van der Waals surface area (Å²) in [6, 6.07) is 11.8. The maximum Gasteiger partial charge on any atom is 0.175 e. The van der Waals surface area contributed by atoms with E-state index in [9.17, 15) is 8.42 Å². The molecule has 4 rings (SSSR count). The summed E-state index contributed by atoms with van der Waals surface area (Å²) in [7, 11) is -3.22. The molecule has 26 heavy (non-hydrogen) atoms. The number of hydrogen-bond donors (Lipinski definition) is 1.